The Balaban J connectivity index is 0.000000194. The van der Waals surface area contributed by atoms with Gasteiger partial charge < -0.3 is 0 Å². The molecule has 1 aromatic heterocycles. The molecule has 40 heavy (non-hydrogen) atoms. The van der Waals surface area contributed by atoms with Crippen molar-refractivity contribution in [3.63, 3.8) is 0 Å². The van der Waals surface area contributed by atoms with E-state index in [1.54, 1.807) is 41.2 Å². The van der Waals surface area contributed by atoms with Crippen LogP contribution in [-0.2, 0) is 6.54 Å². The van der Waals surface area contributed by atoms with Gasteiger partial charge in [-0.05, 0) is 0 Å². The van der Waals surface area contributed by atoms with Crippen LogP contribution in [0, 0.1) is 11.3 Å². The molecule has 1 heterocycles. The summed E-state index contributed by atoms with van der Waals surface area (Å²) in [5.74, 6) is 0.0558. The zero-order valence-corrected chi connectivity index (χ0v) is 23.1. The van der Waals surface area contributed by atoms with Crippen molar-refractivity contribution in [2.75, 3.05) is 0 Å². The summed E-state index contributed by atoms with van der Waals surface area (Å²) in [5.41, 5.74) is 5.62. The van der Waals surface area contributed by atoms with Crippen LogP contribution in [0.2, 0.25) is 6.32 Å². The SMILES string of the molecule is CCCC[B-](c1ccccc1)(c1ccccc1)c1ccccc1.N#Cc1cc[n+](CC(=O)c2ccccc2)cc1. The van der Waals surface area contributed by atoms with Crippen LogP contribution in [-0.4, -0.2) is 11.9 Å². The fraction of sp³-hybridized carbons (Fsp3) is 0.139. The van der Waals surface area contributed by atoms with E-state index in [0.29, 0.717) is 11.1 Å². The van der Waals surface area contributed by atoms with Crippen molar-refractivity contribution in [3.05, 3.63) is 157 Å². The molecule has 0 fully saturated rings. The smallest absolute Gasteiger partial charge is 0.227 e. The molecule has 0 amide bonds. The number of ketones is 1. The molecule has 3 nitrogen and oxygen atoms in total. The minimum atomic E-state index is -0.913. The van der Waals surface area contributed by atoms with E-state index in [9.17, 15) is 4.79 Å². The largest absolute Gasteiger partial charge is 0.287 e. The molecule has 0 aliphatic rings. The number of Topliss-reactive ketones (excluding diaryl/α,β-unsaturated/α-hetero) is 1. The number of rotatable bonds is 9. The third-order valence-electron chi connectivity index (χ3n) is 7.54. The number of unbranched alkanes of at least 4 members (excludes halogenated alkanes) is 1. The molecule has 4 heteroatoms. The van der Waals surface area contributed by atoms with Gasteiger partial charge in [0.2, 0.25) is 12.3 Å². The summed E-state index contributed by atoms with van der Waals surface area (Å²) >= 11 is 0. The summed E-state index contributed by atoms with van der Waals surface area (Å²) in [5, 5.41) is 8.66. The van der Waals surface area contributed by atoms with Crippen LogP contribution in [0.1, 0.15) is 35.7 Å². The number of nitriles is 1. The normalized spacial score (nSPS) is 10.6. The first-order valence-corrected chi connectivity index (χ1v) is 14.0. The maximum absolute atomic E-state index is 11.9. The van der Waals surface area contributed by atoms with Crippen LogP contribution in [0.15, 0.2) is 146 Å². The molecule has 0 saturated carbocycles. The van der Waals surface area contributed by atoms with Gasteiger partial charge in [0.1, 0.15) is 0 Å². The van der Waals surface area contributed by atoms with Crippen LogP contribution < -0.4 is 21.0 Å². The summed E-state index contributed by atoms with van der Waals surface area (Å²) in [6.45, 7) is 2.57. The lowest BCUT2D eigenvalue weighted by Crippen LogP contribution is -2.66. The standard InChI is InChI=1S/C22H24B.C14H11N2O/c1-2-3-19-23(20-13-7-4-8-14-20,21-15-9-5-10-16-21)22-17-11-6-12-18-22;15-10-12-6-8-16(9-7-12)11-14(17)13-4-2-1-3-5-13/h4-18H,2-3,19H2,1H3;1-9H,11H2/q-1;+1. The summed E-state index contributed by atoms with van der Waals surface area (Å²) in [7, 11) is 0. The Morgan fingerprint density at radius 2 is 1.10 bits per heavy atom. The van der Waals surface area contributed by atoms with Crippen LogP contribution in [0.25, 0.3) is 0 Å². The van der Waals surface area contributed by atoms with Gasteiger partial charge in [-0.3, -0.25) is 4.79 Å². The van der Waals surface area contributed by atoms with Crippen molar-refractivity contribution < 1.29 is 9.36 Å². The van der Waals surface area contributed by atoms with Gasteiger partial charge in [0.25, 0.3) is 0 Å². The van der Waals surface area contributed by atoms with Gasteiger partial charge in [0.15, 0.2) is 12.4 Å². The van der Waals surface area contributed by atoms with Gasteiger partial charge >= 0.3 is 0 Å². The van der Waals surface area contributed by atoms with Gasteiger partial charge in [-0.15, -0.1) is 0 Å². The van der Waals surface area contributed by atoms with Gasteiger partial charge in [0.05, 0.1) is 17.8 Å². The summed E-state index contributed by atoms with van der Waals surface area (Å²) < 4.78 is 1.76. The first-order valence-electron chi connectivity index (χ1n) is 14.0. The van der Waals surface area contributed by atoms with Crippen LogP contribution in [0.5, 0.6) is 0 Å². The topological polar surface area (TPSA) is 44.7 Å². The molecule has 0 atom stereocenters. The van der Waals surface area contributed by atoms with E-state index in [1.165, 1.54) is 35.6 Å². The minimum Gasteiger partial charge on any atom is -0.287 e. The van der Waals surface area contributed by atoms with Crippen LogP contribution in [0.3, 0.4) is 0 Å². The summed E-state index contributed by atoms with van der Waals surface area (Å²) in [4.78, 5) is 11.9. The van der Waals surface area contributed by atoms with Crippen molar-refractivity contribution in [1.29, 1.82) is 5.26 Å². The minimum absolute atomic E-state index is 0.0558. The fourth-order valence-corrected chi connectivity index (χ4v) is 5.45. The first-order chi connectivity index (χ1) is 19.7. The van der Waals surface area contributed by atoms with E-state index in [4.69, 9.17) is 5.26 Å². The number of aromatic nitrogens is 1. The Hall–Kier alpha value is -4.75. The molecular formula is C36H35BN2O. The van der Waals surface area contributed by atoms with Crippen molar-refractivity contribution in [3.8, 4) is 6.07 Å². The zero-order valence-electron chi connectivity index (χ0n) is 23.1. The summed E-state index contributed by atoms with van der Waals surface area (Å²) in [6.07, 6.45) is 6.20. The number of hydrogen-bond acceptors (Lipinski definition) is 2. The second-order valence-electron chi connectivity index (χ2n) is 10.1. The van der Waals surface area contributed by atoms with Gasteiger partial charge in [-0.25, -0.2) is 0 Å². The highest BCUT2D eigenvalue weighted by molar-refractivity contribution is 7.11. The Morgan fingerprint density at radius 3 is 1.50 bits per heavy atom. The van der Waals surface area contributed by atoms with E-state index >= 15 is 0 Å². The molecule has 5 aromatic rings. The average molecular weight is 523 g/mol. The fourth-order valence-electron chi connectivity index (χ4n) is 5.45. The molecule has 0 unspecified atom stereocenters. The molecule has 0 spiro atoms. The molecule has 5 rings (SSSR count). The molecule has 0 radical (unpaired) electrons. The lowest BCUT2D eigenvalue weighted by molar-refractivity contribution is -0.683. The molecule has 0 aliphatic carbocycles. The second kappa shape index (κ2) is 14.4. The predicted octanol–water partition coefficient (Wildman–Crippen LogP) is 5.69. The van der Waals surface area contributed by atoms with Gasteiger partial charge in [-0.2, -0.15) is 32.5 Å². The Morgan fingerprint density at radius 1 is 0.675 bits per heavy atom. The van der Waals surface area contributed by atoms with Gasteiger partial charge in [0, 0.05) is 17.7 Å². The Bertz CT molecular complexity index is 1400. The quantitative estimate of drug-likeness (QED) is 0.142. The van der Waals surface area contributed by atoms with E-state index < -0.39 is 6.15 Å². The number of hydrogen-bond donors (Lipinski definition) is 0. The first kappa shape index (κ1) is 28.3. The van der Waals surface area contributed by atoms with Crippen molar-refractivity contribution in [2.45, 2.75) is 32.6 Å². The molecular weight excluding hydrogens is 487 g/mol. The third kappa shape index (κ3) is 7.01. The number of benzene rings is 4. The highest BCUT2D eigenvalue weighted by atomic mass is 16.1. The molecule has 198 valence electrons. The van der Waals surface area contributed by atoms with Crippen molar-refractivity contribution in [1.82, 2.24) is 0 Å². The molecule has 0 N–H and O–H groups in total. The Labute approximate surface area is 238 Å². The van der Waals surface area contributed by atoms with E-state index in [0.717, 1.165) is 0 Å². The highest BCUT2D eigenvalue weighted by Crippen LogP contribution is 2.16. The molecule has 0 aliphatic heterocycles. The lowest BCUT2D eigenvalue weighted by Gasteiger charge is -2.43. The van der Waals surface area contributed by atoms with Crippen LogP contribution >= 0.6 is 0 Å². The number of pyridine rings is 1. The zero-order chi connectivity index (χ0) is 28.0. The van der Waals surface area contributed by atoms with E-state index in [1.807, 2.05) is 24.3 Å². The van der Waals surface area contributed by atoms with Crippen molar-refractivity contribution in [2.24, 2.45) is 0 Å². The second-order valence-corrected chi connectivity index (χ2v) is 10.1. The average Bonchev–Trinajstić information content (AvgIpc) is 3.04. The number of nitrogens with zero attached hydrogens (tertiary/aromatic N) is 2. The number of carbonyl (C=O) groups excluding carboxylic acids is 1. The monoisotopic (exact) mass is 522 g/mol. The van der Waals surface area contributed by atoms with E-state index in [2.05, 4.69) is 97.9 Å². The van der Waals surface area contributed by atoms with Crippen LogP contribution in [0.4, 0.5) is 0 Å². The molecule has 4 aromatic carbocycles. The van der Waals surface area contributed by atoms with Crippen molar-refractivity contribution >= 4 is 28.3 Å². The lowest BCUT2D eigenvalue weighted by atomic mass is 9.14. The maximum Gasteiger partial charge on any atom is 0.227 e. The highest BCUT2D eigenvalue weighted by Gasteiger charge is 2.28. The molecule has 0 bridgehead atoms. The predicted molar refractivity (Wildman–Crippen MR) is 166 cm³/mol. The maximum atomic E-state index is 11.9. The van der Waals surface area contributed by atoms with Gasteiger partial charge in [-0.1, -0.05) is 141 Å². The molecule has 0 saturated heterocycles. The summed E-state index contributed by atoms with van der Waals surface area (Å²) in [6, 6.07) is 47.8. The third-order valence-corrected chi connectivity index (χ3v) is 7.54. The van der Waals surface area contributed by atoms with E-state index in [-0.39, 0.29) is 12.3 Å². The Kier molecular flexibility index (Phi) is 10.2. The number of carbonyl (C=O) groups is 1.